The average Bonchev–Trinajstić information content (AvgIpc) is 3.36. The highest BCUT2D eigenvalue weighted by Crippen LogP contribution is 2.36. The van der Waals surface area contributed by atoms with Gasteiger partial charge in [-0.25, -0.2) is 19.3 Å². The van der Waals surface area contributed by atoms with Gasteiger partial charge in [0.05, 0.1) is 29.6 Å². The second-order valence-electron chi connectivity index (χ2n) is 9.89. The Morgan fingerprint density at radius 3 is 2.56 bits per heavy atom. The number of rotatable bonds is 7. The van der Waals surface area contributed by atoms with Crippen LogP contribution in [0.2, 0.25) is 0 Å². The largest absolute Gasteiger partial charge is 0.419 e. The van der Waals surface area contributed by atoms with Crippen molar-refractivity contribution in [1.82, 2.24) is 29.6 Å². The molecule has 3 aromatic heterocycles. The molecule has 0 aliphatic carbocycles. The molecular formula is C27H29F4N9O. The molecule has 0 spiro atoms. The van der Waals surface area contributed by atoms with Gasteiger partial charge in [0.15, 0.2) is 0 Å². The van der Waals surface area contributed by atoms with Crippen LogP contribution < -0.4 is 15.5 Å². The number of carbonyl (C=O) groups excluding carboxylic acids is 1. The van der Waals surface area contributed by atoms with Crippen LogP contribution in [0.15, 0.2) is 42.9 Å². The third kappa shape index (κ3) is 6.21. The molecule has 1 aliphatic rings. The minimum atomic E-state index is -4.70. The van der Waals surface area contributed by atoms with E-state index >= 15 is 0 Å². The van der Waals surface area contributed by atoms with E-state index in [0.717, 1.165) is 12.3 Å². The predicted molar refractivity (Wildman–Crippen MR) is 146 cm³/mol. The molecule has 1 atom stereocenters. The lowest BCUT2D eigenvalue weighted by Gasteiger charge is -2.34. The molecule has 4 aromatic rings. The lowest BCUT2D eigenvalue weighted by molar-refractivity contribution is -0.137. The zero-order chi connectivity index (χ0) is 29.3. The molecule has 2 N–H and O–H groups in total. The summed E-state index contributed by atoms with van der Waals surface area (Å²) in [5.41, 5.74) is 0.247. The molecule has 10 nitrogen and oxygen atoms in total. The number of aromatic nitrogens is 5. The molecule has 1 aromatic carbocycles. The van der Waals surface area contributed by atoms with Crippen molar-refractivity contribution in [3.05, 3.63) is 65.4 Å². The SMILES string of the molecule is CCn1cc2ncc(N[C@@H](C)c3cc(NC(=O)c4cnc(N5CCN(C)CC5)c(C(F)(F)F)c4)ccc3F)nc2n1. The van der Waals surface area contributed by atoms with Crippen molar-refractivity contribution < 1.29 is 22.4 Å². The van der Waals surface area contributed by atoms with E-state index in [2.05, 4.69) is 30.7 Å². The van der Waals surface area contributed by atoms with E-state index < -0.39 is 29.5 Å². The molecule has 216 valence electrons. The number of hydrogen-bond donors (Lipinski definition) is 2. The third-order valence-corrected chi connectivity index (χ3v) is 6.92. The van der Waals surface area contributed by atoms with Gasteiger partial charge in [-0.1, -0.05) is 0 Å². The molecule has 0 radical (unpaired) electrons. The molecular weight excluding hydrogens is 542 g/mol. The van der Waals surface area contributed by atoms with Crippen molar-refractivity contribution in [3.8, 4) is 0 Å². The molecule has 4 heterocycles. The number of halogens is 4. The standard InChI is InChI=1S/C27H29F4N9O/c1-4-40-15-22-24(37-40)36-23(14-32-22)34-16(2)19-12-18(5-6-21(19)28)35-26(41)17-11-20(27(29,30)31)25(33-13-17)39-9-7-38(3)8-10-39/h5-6,11-16H,4,7-10H2,1-3H3,(H,35,41)(H,34,36,37)/t16-/m0/s1. The van der Waals surface area contributed by atoms with Gasteiger partial charge in [-0.05, 0) is 45.2 Å². The number of aryl methyl sites for hydroxylation is 1. The average molecular weight is 572 g/mol. The van der Waals surface area contributed by atoms with Gasteiger partial charge in [0, 0.05) is 50.2 Å². The van der Waals surface area contributed by atoms with Crippen LogP contribution in [-0.2, 0) is 12.7 Å². The number of anilines is 3. The van der Waals surface area contributed by atoms with Gasteiger partial charge >= 0.3 is 6.18 Å². The Morgan fingerprint density at radius 1 is 1.10 bits per heavy atom. The Bertz CT molecular complexity index is 1560. The number of carbonyl (C=O) groups is 1. The maximum Gasteiger partial charge on any atom is 0.419 e. The first-order valence-electron chi connectivity index (χ1n) is 13.1. The summed E-state index contributed by atoms with van der Waals surface area (Å²) in [5.74, 6) is -1.15. The topological polar surface area (TPSA) is 104 Å². The molecule has 41 heavy (non-hydrogen) atoms. The summed E-state index contributed by atoms with van der Waals surface area (Å²) in [5, 5.41) is 9.96. The Balaban J connectivity index is 1.33. The maximum absolute atomic E-state index is 14.8. The molecule has 1 saturated heterocycles. The Labute approximate surface area is 233 Å². The van der Waals surface area contributed by atoms with Crippen LogP contribution in [0.3, 0.4) is 0 Å². The van der Waals surface area contributed by atoms with Gasteiger partial charge in [0.25, 0.3) is 5.91 Å². The third-order valence-electron chi connectivity index (χ3n) is 6.92. The number of likely N-dealkylation sites (N-methyl/N-ethyl adjacent to an activating group) is 1. The molecule has 1 fully saturated rings. The van der Waals surface area contributed by atoms with Crippen molar-refractivity contribution in [2.24, 2.45) is 0 Å². The number of nitrogens with one attached hydrogen (secondary N) is 2. The van der Waals surface area contributed by atoms with E-state index in [9.17, 15) is 22.4 Å². The fourth-order valence-electron chi connectivity index (χ4n) is 4.59. The smallest absolute Gasteiger partial charge is 0.362 e. The normalized spacial score (nSPS) is 15.2. The predicted octanol–water partition coefficient (Wildman–Crippen LogP) is 4.58. The van der Waals surface area contributed by atoms with E-state index in [1.54, 1.807) is 22.7 Å². The first-order valence-corrected chi connectivity index (χ1v) is 13.1. The van der Waals surface area contributed by atoms with Crippen LogP contribution in [0.1, 0.15) is 41.4 Å². The van der Waals surface area contributed by atoms with Gasteiger partial charge in [0.1, 0.15) is 23.0 Å². The van der Waals surface area contributed by atoms with E-state index in [4.69, 9.17) is 0 Å². The first-order chi connectivity index (χ1) is 19.5. The van der Waals surface area contributed by atoms with Crippen LogP contribution in [0.25, 0.3) is 11.2 Å². The van der Waals surface area contributed by atoms with Gasteiger partial charge in [-0.3, -0.25) is 9.48 Å². The summed E-state index contributed by atoms with van der Waals surface area (Å²) >= 11 is 0. The number of piperazine rings is 1. The molecule has 1 aliphatic heterocycles. The molecule has 14 heteroatoms. The fraction of sp³-hybridized carbons (Fsp3) is 0.370. The van der Waals surface area contributed by atoms with Gasteiger partial charge < -0.3 is 20.4 Å². The van der Waals surface area contributed by atoms with Crippen molar-refractivity contribution in [1.29, 1.82) is 0 Å². The summed E-state index contributed by atoms with van der Waals surface area (Å²) in [6, 6.07) is 4.15. The van der Waals surface area contributed by atoms with Crippen molar-refractivity contribution in [2.75, 3.05) is 48.8 Å². The van der Waals surface area contributed by atoms with Gasteiger partial charge in [-0.2, -0.15) is 18.3 Å². The number of fused-ring (bicyclic) bond motifs is 1. The lowest BCUT2D eigenvalue weighted by Crippen LogP contribution is -2.45. The molecule has 1 amide bonds. The molecule has 0 saturated carbocycles. The van der Waals surface area contributed by atoms with E-state index in [1.165, 1.54) is 24.4 Å². The Kier molecular flexibility index (Phi) is 7.76. The Morgan fingerprint density at radius 2 is 1.85 bits per heavy atom. The minimum Gasteiger partial charge on any atom is -0.362 e. The van der Waals surface area contributed by atoms with Crippen LogP contribution in [0.5, 0.6) is 0 Å². The number of amides is 1. The summed E-state index contributed by atoms with van der Waals surface area (Å²) in [7, 11) is 1.90. The van der Waals surface area contributed by atoms with Crippen LogP contribution in [0, 0.1) is 5.82 Å². The second-order valence-corrected chi connectivity index (χ2v) is 9.89. The number of hydrogen-bond acceptors (Lipinski definition) is 8. The fourth-order valence-corrected chi connectivity index (χ4v) is 4.59. The number of alkyl halides is 3. The lowest BCUT2D eigenvalue weighted by atomic mass is 10.1. The first kappa shape index (κ1) is 28.2. The zero-order valence-corrected chi connectivity index (χ0v) is 22.7. The van der Waals surface area contributed by atoms with Crippen LogP contribution >= 0.6 is 0 Å². The summed E-state index contributed by atoms with van der Waals surface area (Å²) in [4.78, 5) is 29.3. The highest BCUT2D eigenvalue weighted by molar-refractivity contribution is 6.04. The quantitative estimate of drug-likeness (QED) is 0.311. The molecule has 0 unspecified atom stereocenters. The van der Waals surface area contributed by atoms with Gasteiger partial charge in [-0.15, -0.1) is 0 Å². The van der Waals surface area contributed by atoms with Crippen molar-refractivity contribution in [3.63, 3.8) is 0 Å². The molecule has 0 bridgehead atoms. The monoisotopic (exact) mass is 571 g/mol. The minimum absolute atomic E-state index is 0.200. The van der Waals surface area contributed by atoms with E-state index in [1.807, 2.05) is 18.9 Å². The maximum atomic E-state index is 14.8. The number of nitrogens with zero attached hydrogens (tertiary/aromatic N) is 7. The van der Waals surface area contributed by atoms with Crippen LogP contribution in [-0.4, -0.2) is 68.8 Å². The van der Waals surface area contributed by atoms with E-state index in [0.29, 0.717) is 49.7 Å². The van der Waals surface area contributed by atoms with Crippen LogP contribution in [0.4, 0.5) is 34.9 Å². The summed E-state index contributed by atoms with van der Waals surface area (Å²) in [6.45, 7) is 6.30. The second kappa shape index (κ2) is 11.3. The summed E-state index contributed by atoms with van der Waals surface area (Å²) in [6.07, 6.45) is -0.288. The molecule has 5 rings (SSSR count). The highest BCUT2D eigenvalue weighted by atomic mass is 19.4. The highest BCUT2D eigenvalue weighted by Gasteiger charge is 2.37. The van der Waals surface area contributed by atoms with Crippen molar-refractivity contribution in [2.45, 2.75) is 32.6 Å². The number of benzene rings is 1. The zero-order valence-electron chi connectivity index (χ0n) is 22.7. The van der Waals surface area contributed by atoms with Gasteiger partial charge in [0.2, 0.25) is 5.65 Å². The Hall–Kier alpha value is -4.33. The van der Waals surface area contributed by atoms with E-state index in [-0.39, 0.29) is 22.6 Å². The number of pyridine rings is 1. The summed E-state index contributed by atoms with van der Waals surface area (Å²) < 4.78 is 58.3. The van der Waals surface area contributed by atoms with Crippen molar-refractivity contribution >= 4 is 34.4 Å².